The molecule has 1 aromatic heterocycles. The van der Waals surface area contributed by atoms with Crippen molar-refractivity contribution in [2.45, 2.75) is 32.0 Å². The number of nitrogens with zero attached hydrogens (tertiary/aromatic N) is 1. The van der Waals surface area contributed by atoms with Crippen molar-refractivity contribution in [3.63, 3.8) is 0 Å². The Morgan fingerprint density at radius 3 is 2.85 bits per heavy atom. The first kappa shape index (κ1) is 15.6. The maximum Gasteiger partial charge on any atom is 0.422 e. The van der Waals surface area contributed by atoms with E-state index >= 15 is 0 Å². The summed E-state index contributed by atoms with van der Waals surface area (Å²) < 4.78 is 41.2. The third kappa shape index (κ3) is 4.64. The van der Waals surface area contributed by atoms with Crippen LogP contribution in [0.1, 0.15) is 23.3 Å². The summed E-state index contributed by atoms with van der Waals surface area (Å²) in [6, 6.07) is 1.75. The van der Waals surface area contributed by atoms with Gasteiger partial charge in [0, 0.05) is 18.0 Å². The molecule has 0 saturated heterocycles. The summed E-state index contributed by atoms with van der Waals surface area (Å²) in [5.74, 6) is 0. The van der Waals surface area contributed by atoms with Gasteiger partial charge in [0.2, 0.25) is 0 Å². The van der Waals surface area contributed by atoms with E-state index < -0.39 is 12.8 Å². The van der Waals surface area contributed by atoms with Crippen LogP contribution in [0.3, 0.4) is 0 Å². The standard InChI is InChI=1S/C13H19F3N2OS/c14-13(15,16)9-19-12-7-10-8-18(5-2-1-4-17)6-3-11(10)20-12/h7H,1-6,8-9,17H2. The molecule has 1 aliphatic rings. The van der Waals surface area contributed by atoms with Gasteiger partial charge in [0.05, 0.1) is 0 Å². The quantitative estimate of drug-likeness (QED) is 0.821. The average Bonchev–Trinajstić information content (AvgIpc) is 2.78. The fourth-order valence-electron chi connectivity index (χ4n) is 2.26. The van der Waals surface area contributed by atoms with E-state index in [1.54, 1.807) is 6.07 Å². The molecule has 0 bridgehead atoms. The van der Waals surface area contributed by atoms with Crippen LogP contribution >= 0.6 is 11.3 Å². The van der Waals surface area contributed by atoms with Crippen molar-refractivity contribution in [3.8, 4) is 5.06 Å². The summed E-state index contributed by atoms with van der Waals surface area (Å²) in [5.41, 5.74) is 6.57. The number of nitrogens with two attached hydrogens (primary N) is 1. The molecule has 0 fully saturated rings. The van der Waals surface area contributed by atoms with Gasteiger partial charge in [0.1, 0.15) is 0 Å². The SMILES string of the molecule is NCCCCN1CCc2sc(OCC(F)(F)F)cc2C1. The van der Waals surface area contributed by atoms with Crippen LogP contribution in [-0.2, 0) is 13.0 Å². The van der Waals surface area contributed by atoms with Crippen LogP contribution in [0.25, 0.3) is 0 Å². The smallest absolute Gasteiger partial charge is 0.422 e. The number of rotatable bonds is 6. The summed E-state index contributed by atoms with van der Waals surface area (Å²) in [7, 11) is 0. The lowest BCUT2D eigenvalue weighted by atomic mass is 10.1. The Hall–Kier alpha value is -0.790. The second kappa shape index (κ2) is 6.78. The van der Waals surface area contributed by atoms with Crippen LogP contribution in [0.4, 0.5) is 13.2 Å². The zero-order valence-corrected chi connectivity index (χ0v) is 12.0. The minimum Gasteiger partial charge on any atom is -0.475 e. The molecule has 0 spiro atoms. The Morgan fingerprint density at radius 2 is 2.15 bits per heavy atom. The summed E-state index contributed by atoms with van der Waals surface area (Å²) >= 11 is 1.34. The predicted octanol–water partition coefficient (Wildman–Crippen LogP) is 2.79. The van der Waals surface area contributed by atoms with E-state index in [9.17, 15) is 13.2 Å². The van der Waals surface area contributed by atoms with Gasteiger partial charge >= 0.3 is 6.18 Å². The van der Waals surface area contributed by atoms with Gasteiger partial charge < -0.3 is 10.5 Å². The van der Waals surface area contributed by atoms with Crippen molar-refractivity contribution in [2.75, 3.05) is 26.2 Å². The minimum absolute atomic E-state index is 0.371. The maximum atomic E-state index is 12.1. The van der Waals surface area contributed by atoms with E-state index in [2.05, 4.69) is 4.90 Å². The maximum absolute atomic E-state index is 12.1. The molecule has 1 aliphatic heterocycles. The van der Waals surface area contributed by atoms with Crippen molar-refractivity contribution < 1.29 is 17.9 Å². The van der Waals surface area contributed by atoms with Crippen LogP contribution < -0.4 is 10.5 Å². The number of thiophene rings is 1. The summed E-state index contributed by atoms with van der Waals surface area (Å²) in [4.78, 5) is 3.47. The Morgan fingerprint density at radius 1 is 1.35 bits per heavy atom. The molecule has 0 saturated carbocycles. The van der Waals surface area contributed by atoms with Crippen molar-refractivity contribution in [1.29, 1.82) is 0 Å². The molecule has 2 rings (SSSR count). The monoisotopic (exact) mass is 308 g/mol. The lowest BCUT2D eigenvalue weighted by Crippen LogP contribution is -2.30. The number of fused-ring (bicyclic) bond motifs is 1. The molecule has 0 amide bonds. The highest BCUT2D eigenvalue weighted by atomic mass is 32.1. The van der Waals surface area contributed by atoms with E-state index in [4.69, 9.17) is 10.5 Å². The van der Waals surface area contributed by atoms with Gasteiger partial charge in [-0.05, 0) is 44.0 Å². The molecule has 0 unspecified atom stereocenters. The number of unbranched alkanes of at least 4 members (excludes halogenated alkanes) is 1. The fourth-order valence-corrected chi connectivity index (χ4v) is 3.27. The topological polar surface area (TPSA) is 38.5 Å². The highest BCUT2D eigenvalue weighted by Gasteiger charge is 2.29. The van der Waals surface area contributed by atoms with E-state index in [1.165, 1.54) is 11.3 Å². The van der Waals surface area contributed by atoms with Gasteiger partial charge in [0.15, 0.2) is 11.7 Å². The molecule has 1 aromatic rings. The van der Waals surface area contributed by atoms with Crippen LogP contribution in [-0.4, -0.2) is 37.3 Å². The summed E-state index contributed by atoms with van der Waals surface area (Å²) in [5, 5.41) is 0.371. The van der Waals surface area contributed by atoms with E-state index in [0.29, 0.717) is 11.6 Å². The van der Waals surface area contributed by atoms with Crippen LogP contribution in [0.2, 0.25) is 0 Å². The van der Waals surface area contributed by atoms with Crippen LogP contribution in [0.15, 0.2) is 6.07 Å². The van der Waals surface area contributed by atoms with E-state index in [0.717, 1.165) is 49.3 Å². The Bertz CT molecular complexity index is 434. The molecule has 0 aliphatic carbocycles. The second-order valence-corrected chi connectivity index (χ2v) is 6.04. The molecule has 0 radical (unpaired) electrons. The molecule has 2 heterocycles. The number of hydrogen-bond donors (Lipinski definition) is 1. The van der Waals surface area contributed by atoms with E-state index in [-0.39, 0.29) is 0 Å². The average molecular weight is 308 g/mol. The number of alkyl halides is 3. The van der Waals surface area contributed by atoms with Crippen molar-refractivity contribution in [1.82, 2.24) is 4.90 Å². The van der Waals surface area contributed by atoms with Crippen LogP contribution in [0.5, 0.6) is 5.06 Å². The highest BCUT2D eigenvalue weighted by molar-refractivity contribution is 7.14. The lowest BCUT2D eigenvalue weighted by Gasteiger charge is -2.26. The molecular weight excluding hydrogens is 289 g/mol. The molecule has 114 valence electrons. The third-order valence-corrected chi connectivity index (χ3v) is 4.38. The van der Waals surface area contributed by atoms with Crippen molar-refractivity contribution in [2.24, 2.45) is 5.73 Å². The van der Waals surface area contributed by atoms with Gasteiger partial charge in [-0.15, -0.1) is 11.3 Å². The molecular formula is C13H19F3N2OS. The van der Waals surface area contributed by atoms with Crippen molar-refractivity contribution >= 4 is 11.3 Å². The third-order valence-electron chi connectivity index (χ3n) is 3.23. The minimum atomic E-state index is -4.28. The van der Waals surface area contributed by atoms with Gasteiger partial charge in [0.25, 0.3) is 0 Å². The summed E-state index contributed by atoms with van der Waals surface area (Å²) in [6.07, 6.45) is -1.32. The lowest BCUT2D eigenvalue weighted by molar-refractivity contribution is -0.152. The normalized spacial score (nSPS) is 16.2. The van der Waals surface area contributed by atoms with Crippen molar-refractivity contribution in [3.05, 3.63) is 16.5 Å². The highest BCUT2D eigenvalue weighted by Crippen LogP contribution is 2.34. The first-order valence-corrected chi connectivity index (χ1v) is 7.53. The van der Waals surface area contributed by atoms with Gasteiger partial charge in [-0.1, -0.05) is 0 Å². The Labute approximate surface area is 120 Å². The zero-order valence-electron chi connectivity index (χ0n) is 11.2. The second-order valence-electron chi connectivity index (χ2n) is 4.94. The first-order valence-electron chi connectivity index (χ1n) is 6.71. The van der Waals surface area contributed by atoms with E-state index in [1.807, 2.05) is 0 Å². The number of ether oxygens (including phenoxy) is 1. The predicted molar refractivity (Wildman–Crippen MR) is 73.1 cm³/mol. The molecule has 3 nitrogen and oxygen atoms in total. The van der Waals surface area contributed by atoms with Gasteiger partial charge in [-0.25, -0.2) is 0 Å². The fraction of sp³-hybridized carbons (Fsp3) is 0.692. The van der Waals surface area contributed by atoms with Gasteiger partial charge in [-0.2, -0.15) is 13.2 Å². The molecule has 7 heteroatoms. The molecule has 0 atom stereocenters. The summed E-state index contributed by atoms with van der Waals surface area (Å²) in [6.45, 7) is 2.23. The van der Waals surface area contributed by atoms with Crippen LogP contribution in [0, 0.1) is 0 Å². The number of halogens is 3. The Kier molecular flexibility index (Phi) is 5.29. The Balaban J connectivity index is 1.87. The number of hydrogen-bond acceptors (Lipinski definition) is 4. The molecule has 0 aromatic carbocycles. The largest absolute Gasteiger partial charge is 0.475 e. The first-order chi connectivity index (χ1) is 9.48. The molecule has 20 heavy (non-hydrogen) atoms. The van der Waals surface area contributed by atoms with Gasteiger partial charge in [-0.3, -0.25) is 4.90 Å². The molecule has 2 N–H and O–H groups in total. The zero-order chi connectivity index (χ0) is 14.6.